The third kappa shape index (κ3) is 3.39. The van der Waals surface area contributed by atoms with Gasteiger partial charge in [-0.2, -0.15) is 17.0 Å². The zero-order valence-electron chi connectivity index (χ0n) is 13.9. The summed E-state index contributed by atoms with van der Waals surface area (Å²) < 4.78 is 34.8. The van der Waals surface area contributed by atoms with Crippen LogP contribution in [0.5, 0.6) is 5.75 Å². The Bertz CT molecular complexity index is 647. The van der Waals surface area contributed by atoms with Crippen molar-refractivity contribution < 1.29 is 13.2 Å². The highest BCUT2D eigenvalue weighted by Gasteiger charge is 2.39. The molecule has 2 heterocycles. The zero-order valence-corrected chi connectivity index (χ0v) is 14.8. The monoisotopic (exact) mass is 338 g/mol. The van der Waals surface area contributed by atoms with E-state index in [0.29, 0.717) is 25.6 Å². The number of ether oxygens (including phenoxy) is 1. The number of rotatable bonds is 4. The van der Waals surface area contributed by atoms with Crippen molar-refractivity contribution in [3.63, 3.8) is 0 Å². The van der Waals surface area contributed by atoms with Crippen LogP contribution in [0.3, 0.4) is 0 Å². The first-order chi connectivity index (χ1) is 11.0. The van der Waals surface area contributed by atoms with E-state index >= 15 is 0 Å². The molecule has 2 aliphatic rings. The van der Waals surface area contributed by atoms with E-state index in [9.17, 15) is 8.42 Å². The third-order valence-corrected chi connectivity index (χ3v) is 6.94. The van der Waals surface area contributed by atoms with Gasteiger partial charge in [0.15, 0.2) is 0 Å². The first kappa shape index (κ1) is 16.7. The smallest absolute Gasteiger partial charge is 0.282 e. The summed E-state index contributed by atoms with van der Waals surface area (Å²) in [5.74, 6) is 1.22. The van der Waals surface area contributed by atoms with E-state index in [1.165, 1.54) is 0 Å². The lowest BCUT2D eigenvalue weighted by Crippen LogP contribution is -2.47. The molecule has 0 amide bonds. The molecule has 1 aromatic carbocycles. The second-order valence-electron chi connectivity index (χ2n) is 6.66. The summed E-state index contributed by atoms with van der Waals surface area (Å²) in [7, 11) is -1.75. The van der Waals surface area contributed by atoms with Crippen molar-refractivity contribution in [2.45, 2.75) is 38.6 Å². The largest absolute Gasteiger partial charge is 0.497 e. The number of hydrogen-bond donors (Lipinski definition) is 0. The molecule has 0 unspecified atom stereocenters. The van der Waals surface area contributed by atoms with E-state index in [2.05, 4.69) is 6.92 Å². The van der Waals surface area contributed by atoms with E-state index in [1.807, 2.05) is 24.3 Å². The lowest BCUT2D eigenvalue weighted by molar-refractivity contribution is 0.254. The summed E-state index contributed by atoms with van der Waals surface area (Å²) in [4.78, 5) is 0. The predicted molar refractivity (Wildman–Crippen MR) is 90.6 cm³/mol. The Kier molecular flexibility index (Phi) is 4.94. The summed E-state index contributed by atoms with van der Waals surface area (Å²) >= 11 is 0. The van der Waals surface area contributed by atoms with Crippen LogP contribution in [0.1, 0.15) is 44.2 Å². The topological polar surface area (TPSA) is 49.9 Å². The maximum Gasteiger partial charge on any atom is 0.282 e. The Labute approximate surface area is 139 Å². The Morgan fingerprint density at radius 2 is 1.96 bits per heavy atom. The van der Waals surface area contributed by atoms with Crippen LogP contribution in [0.15, 0.2) is 24.3 Å². The molecule has 128 valence electrons. The summed E-state index contributed by atoms with van der Waals surface area (Å²) in [5, 5.41) is 0. The van der Waals surface area contributed by atoms with Crippen molar-refractivity contribution >= 4 is 10.2 Å². The van der Waals surface area contributed by atoms with E-state index < -0.39 is 10.2 Å². The van der Waals surface area contributed by atoms with Crippen LogP contribution in [0.25, 0.3) is 0 Å². The van der Waals surface area contributed by atoms with Crippen molar-refractivity contribution in [2.75, 3.05) is 26.7 Å². The lowest BCUT2D eigenvalue weighted by Gasteiger charge is -2.35. The van der Waals surface area contributed by atoms with E-state index in [4.69, 9.17) is 4.74 Å². The predicted octanol–water partition coefficient (Wildman–Crippen LogP) is 2.81. The van der Waals surface area contributed by atoms with Gasteiger partial charge >= 0.3 is 0 Å². The highest BCUT2D eigenvalue weighted by Crippen LogP contribution is 2.37. The maximum atomic E-state index is 13.1. The molecule has 5 nitrogen and oxygen atoms in total. The molecule has 2 saturated heterocycles. The molecule has 23 heavy (non-hydrogen) atoms. The highest BCUT2D eigenvalue weighted by atomic mass is 32.2. The quantitative estimate of drug-likeness (QED) is 0.848. The summed E-state index contributed by atoms with van der Waals surface area (Å²) in [6, 6.07) is 7.70. The Hall–Kier alpha value is -1.11. The van der Waals surface area contributed by atoms with Gasteiger partial charge in [-0.05, 0) is 49.3 Å². The van der Waals surface area contributed by atoms with Crippen LogP contribution in [-0.4, -0.2) is 43.8 Å². The fraction of sp³-hybridized carbons (Fsp3) is 0.647. The maximum absolute atomic E-state index is 13.1. The number of benzene rings is 1. The standard InChI is InChI=1S/C17H26N2O3S/c1-14-6-4-10-18(13-14)23(20,21)19-11-5-9-17(19)15-7-3-8-16(12-15)22-2/h3,7-8,12,14,17H,4-6,9-11,13H2,1-2H3/t14-,17-/m0/s1. The van der Waals surface area contributed by atoms with Gasteiger partial charge in [0.1, 0.15) is 5.75 Å². The van der Waals surface area contributed by atoms with Gasteiger partial charge in [0.25, 0.3) is 10.2 Å². The summed E-state index contributed by atoms with van der Waals surface area (Å²) in [5.41, 5.74) is 1.02. The van der Waals surface area contributed by atoms with Crippen molar-refractivity contribution in [3.8, 4) is 5.75 Å². The van der Waals surface area contributed by atoms with Gasteiger partial charge in [-0.1, -0.05) is 19.1 Å². The first-order valence-corrected chi connectivity index (χ1v) is 9.83. The molecule has 0 aromatic heterocycles. The minimum Gasteiger partial charge on any atom is -0.497 e. The van der Waals surface area contributed by atoms with Gasteiger partial charge in [-0.15, -0.1) is 0 Å². The minimum atomic E-state index is -3.39. The van der Waals surface area contributed by atoms with Crippen LogP contribution in [-0.2, 0) is 10.2 Å². The molecule has 0 N–H and O–H groups in total. The van der Waals surface area contributed by atoms with Crippen LogP contribution in [0.2, 0.25) is 0 Å². The SMILES string of the molecule is COc1cccc([C@@H]2CCCN2S(=O)(=O)N2CCC[C@H](C)C2)c1. The molecule has 2 aliphatic heterocycles. The van der Waals surface area contributed by atoms with Gasteiger partial charge in [-0.25, -0.2) is 0 Å². The molecule has 2 fully saturated rings. The Morgan fingerprint density at radius 3 is 2.70 bits per heavy atom. The minimum absolute atomic E-state index is 0.0765. The highest BCUT2D eigenvalue weighted by molar-refractivity contribution is 7.86. The fourth-order valence-corrected chi connectivity index (χ4v) is 5.71. The van der Waals surface area contributed by atoms with Crippen LogP contribution in [0, 0.1) is 5.92 Å². The van der Waals surface area contributed by atoms with Gasteiger partial charge in [-0.3, -0.25) is 0 Å². The van der Waals surface area contributed by atoms with Crippen molar-refractivity contribution in [1.82, 2.24) is 8.61 Å². The molecule has 1 aromatic rings. The molecule has 3 rings (SSSR count). The second-order valence-corrected chi connectivity index (χ2v) is 8.54. The summed E-state index contributed by atoms with van der Waals surface area (Å²) in [6.07, 6.45) is 3.85. The lowest BCUT2D eigenvalue weighted by atomic mass is 10.0. The van der Waals surface area contributed by atoms with Gasteiger partial charge in [0.2, 0.25) is 0 Å². The molecule has 0 spiro atoms. The third-order valence-electron chi connectivity index (χ3n) is 4.92. The van der Waals surface area contributed by atoms with Crippen LogP contribution >= 0.6 is 0 Å². The molecular formula is C17H26N2O3S. The van der Waals surface area contributed by atoms with E-state index in [1.54, 1.807) is 15.7 Å². The normalized spacial score (nSPS) is 27.2. The van der Waals surface area contributed by atoms with Crippen molar-refractivity contribution in [2.24, 2.45) is 5.92 Å². The van der Waals surface area contributed by atoms with Gasteiger partial charge in [0, 0.05) is 19.6 Å². The van der Waals surface area contributed by atoms with Gasteiger partial charge < -0.3 is 4.74 Å². The van der Waals surface area contributed by atoms with Crippen LogP contribution < -0.4 is 4.74 Å². The van der Waals surface area contributed by atoms with Crippen molar-refractivity contribution in [3.05, 3.63) is 29.8 Å². The van der Waals surface area contributed by atoms with E-state index in [-0.39, 0.29) is 6.04 Å². The Balaban J connectivity index is 1.85. The first-order valence-electron chi connectivity index (χ1n) is 8.43. The number of methoxy groups -OCH3 is 1. The molecule has 2 atom stereocenters. The second kappa shape index (κ2) is 6.79. The fourth-order valence-electron chi connectivity index (χ4n) is 3.70. The molecular weight excluding hydrogens is 312 g/mol. The van der Waals surface area contributed by atoms with Gasteiger partial charge in [0.05, 0.1) is 13.2 Å². The molecule has 0 aliphatic carbocycles. The van der Waals surface area contributed by atoms with E-state index in [0.717, 1.165) is 37.0 Å². The number of hydrogen-bond acceptors (Lipinski definition) is 3. The zero-order chi connectivity index (χ0) is 16.4. The summed E-state index contributed by atoms with van der Waals surface area (Å²) in [6.45, 7) is 4.03. The molecule has 0 bridgehead atoms. The Morgan fingerprint density at radius 1 is 1.17 bits per heavy atom. The average molecular weight is 338 g/mol. The average Bonchev–Trinajstić information content (AvgIpc) is 3.05. The van der Waals surface area contributed by atoms with Crippen molar-refractivity contribution in [1.29, 1.82) is 0 Å². The molecule has 6 heteroatoms. The van der Waals surface area contributed by atoms with Crippen LogP contribution in [0.4, 0.5) is 0 Å². The molecule has 0 radical (unpaired) electrons. The molecule has 0 saturated carbocycles. The number of nitrogens with zero attached hydrogens (tertiary/aromatic N) is 2. The number of piperidine rings is 1.